The van der Waals surface area contributed by atoms with Gasteiger partial charge in [0.25, 0.3) is 0 Å². The Morgan fingerprint density at radius 2 is 2.17 bits per heavy atom. The molecule has 0 aliphatic rings. The van der Waals surface area contributed by atoms with Gasteiger partial charge in [0.2, 0.25) is 5.91 Å². The van der Waals surface area contributed by atoms with Crippen LogP contribution in [0.2, 0.25) is 0 Å². The Kier molecular flexibility index (Phi) is 5.26. The first-order valence-corrected chi connectivity index (χ1v) is 6.20. The smallest absolute Gasteiger partial charge is 0.242 e. The van der Waals surface area contributed by atoms with Crippen LogP contribution in [0.25, 0.3) is 0 Å². The van der Waals surface area contributed by atoms with Gasteiger partial charge in [-0.1, -0.05) is 18.9 Å². The van der Waals surface area contributed by atoms with Crippen molar-refractivity contribution in [2.45, 2.75) is 39.3 Å². The monoisotopic (exact) mass is 244 g/mol. The molecule has 0 saturated heterocycles. The number of benzene rings is 1. The van der Waals surface area contributed by atoms with E-state index in [1.807, 2.05) is 45.0 Å². The Balaban J connectivity index is 2.61. The minimum atomic E-state index is -0.285. The fraction of sp³-hybridized carbons (Fsp3) is 0.400. The van der Waals surface area contributed by atoms with Crippen molar-refractivity contribution in [1.29, 1.82) is 0 Å². The highest BCUT2D eigenvalue weighted by Gasteiger charge is 2.14. The van der Waals surface area contributed by atoms with Gasteiger partial charge in [-0.3, -0.25) is 4.79 Å². The summed E-state index contributed by atoms with van der Waals surface area (Å²) in [6, 6.07) is 7.39. The molecule has 0 aliphatic carbocycles. The van der Waals surface area contributed by atoms with Gasteiger partial charge < -0.3 is 10.6 Å². The van der Waals surface area contributed by atoms with Gasteiger partial charge in [-0.15, -0.1) is 6.42 Å². The van der Waals surface area contributed by atoms with E-state index in [4.69, 9.17) is 6.42 Å². The molecule has 96 valence electrons. The molecular weight excluding hydrogens is 224 g/mol. The maximum absolute atomic E-state index is 11.9. The summed E-state index contributed by atoms with van der Waals surface area (Å²) in [5, 5.41) is 6.07. The number of amides is 1. The molecule has 0 fully saturated rings. The maximum atomic E-state index is 11.9. The van der Waals surface area contributed by atoms with Gasteiger partial charge in [0.05, 0.1) is 0 Å². The normalized spacial score (nSPS) is 13.2. The predicted octanol–water partition coefficient (Wildman–Crippen LogP) is 2.38. The first-order chi connectivity index (χ1) is 8.56. The average Bonchev–Trinajstić information content (AvgIpc) is 2.38. The summed E-state index contributed by atoms with van der Waals surface area (Å²) in [6.45, 7) is 5.86. The number of carbonyl (C=O) groups is 1. The summed E-state index contributed by atoms with van der Waals surface area (Å²) >= 11 is 0. The lowest BCUT2D eigenvalue weighted by molar-refractivity contribution is -0.122. The lowest BCUT2D eigenvalue weighted by Gasteiger charge is -2.18. The number of hydrogen-bond donors (Lipinski definition) is 2. The molecule has 0 aromatic heterocycles. The molecule has 0 saturated carbocycles. The third kappa shape index (κ3) is 4.14. The van der Waals surface area contributed by atoms with Gasteiger partial charge in [-0.05, 0) is 38.5 Å². The van der Waals surface area contributed by atoms with Crippen molar-refractivity contribution in [3.63, 3.8) is 0 Å². The van der Waals surface area contributed by atoms with E-state index >= 15 is 0 Å². The van der Waals surface area contributed by atoms with Crippen LogP contribution < -0.4 is 10.6 Å². The molecule has 2 unspecified atom stereocenters. The Labute approximate surface area is 109 Å². The highest BCUT2D eigenvalue weighted by atomic mass is 16.2. The number of rotatable bonds is 5. The highest BCUT2D eigenvalue weighted by molar-refractivity contribution is 5.84. The molecular formula is C15H20N2O. The quantitative estimate of drug-likeness (QED) is 0.781. The van der Waals surface area contributed by atoms with Gasteiger partial charge in [0.1, 0.15) is 6.04 Å². The summed E-state index contributed by atoms with van der Waals surface area (Å²) in [7, 11) is 0. The number of nitrogens with one attached hydrogen (secondary N) is 2. The van der Waals surface area contributed by atoms with Crippen molar-refractivity contribution >= 4 is 11.6 Å². The molecule has 0 spiro atoms. The van der Waals surface area contributed by atoms with Gasteiger partial charge in [-0.2, -0.15) is 0 Å². The molecule has 3 heteroatoms. The zero-order valence-corrected chi connectivity index (χ0v) is 11.2. The second-order valence-corrected chi connectivity index (χ2v) is 4.41. The minimum absolute atomic E-state index is 0.00420. The second kappa shape index (κ2) is 6.70. The topological polar surface area (TPSA) is 41.1 Å². The van der Waals surface area contributed by atoms with Crippen molar-refractivity contribution in [3.05, 3.63) is 29.8 Å². The zero-order valence-electron chi connectivity index (χ0n) is 11.2. The standard InChI is InChI=1S/C15H20N2O/c1-5-11(3)16-15(18)12(4)17-14-9-7-8-13(6-2)10-14/h2,7-12,17H,5H2,1,3-4H3,(H,16,18). The SMILES string of the molecule is C#Cc1cccc(NC(C)C(=O)NC(C)CC)c1. The van der Waals surface area contributed by atoms with Gasteiger partial charge in [0.15, 0.2) is 0 Å². The average molecular weight is 244 g/mol. The van der Waals surface area contributed by atoms with Crippen LogP contribution in [0.3, 0.4) is 0 Å². The van der Waals surface area contributed by atoms with Crippen molar-refractivity contribution in [1.82, 2.24) is 5.32 Å². The Morgan fingerprint density at radius 1 is 1.44 bits per heavy atom. The number of anilines is 1. The van der Waals surface area contributed by atoms with E-state index in [-0.39, 0.29) is 18.0 Å². The second-order valence-electron chi connectivity index (χ2n) is 4.41. The van der Waals surface area contributed by atoms with Crippen LogP contribution in [-0.4, -0.2) is 18.0 Å². The van der Waals surface area contributed by atoms with Crippen molar-refractivity contribution in [2.75, 3.05) is 5.32 Å². The molecule has 3 nitrogen and oxygen atoms in total. The van der Waals surface area contributed by atoms with Crippen molar-refractivity contribution < 1.29 is 4.79 Å². The number of terminal acetylenes is 1. The molecule has 2 N–H and O–H groups in total. The summed E-state index contributed by atoms with van der Waals surface area (Å²) in [4.78, 5) is 11.9. The largest absolute Gasteiger partial charge is 0.374 e. The summed E-state index contributed by atoms with van der Waals surface area (Å²) < 4.78 is 0. The predicted molar refractivity (Wildman–Crippen MR) is 75.4 cm³/mol. The van der Waals surface area contributed by atoms with Crippen molar-refractivity contribution in [2.24, 2.45) is 0 Å². The first kappa shape index (κ1) is 14.1. The van der Waals surface area contributed by atoms with E-state index in [0.717, 1.165) is 17.7 Å². The van der Waals surface area contributed by atoms with Gasteiger partial charge in [0, 0.05) is 17.3 Å². The molecule has 2 atom stereocenters. The van der Waals surface area contributed by atoms with E-state index < -0.39 is 0 Å². The highest BCUT2D eigenvalue weighted by Crippen LogP contribution is 2.11. The van der Waals surface area contributed by atoms with Gasteiger partial charge in [-0.25, -0.2) is 0 Å². The van der Waals surface area contributed by atoms with E-state index in [1.165, 1.54) is 0 Å². The number of hydrogen-bond acceptors (Lipinski definition) is 2. The van der Waals surface area contributed by atoms with Crippen LogP contribution in [0.15, 0.2) is 24.3 Å². The summed E-state index contributed by atoms with van der Waals surface area (Å²) in [6.07, 6.45) is 6.26. The maximum Gasteiger partial charge on any atom is 0.242 e. The lowest BCUT2D eigenvalue weighted by atomic mass is 10.2. The third-order valence-corrected chi connectivity index (χ3v) is 2.81. The van der Waals surface area contributed by atoms with Crippen LogP contribution in [-0.2, 0) is 4.79 Å². The molecule has 0 bridgehead atoms. The molecule has 18 heavy (non-hydrogen) atoms. The molecule has 1 aromatic rings. The first-order valence-electron chi connectivity index (χ1n) is 6.20. The zero-order chi connectivity index (χ0) is 13.5. The number of carbonyl (C=O) groups excluding carboxylic acids is 1. The van der Waals surface area contributed by atoms with Crippen LogP contribution >= 0.6 is 0 Å². The van der Waals surface area contributed by atoms with Crippen molar-refractivity contribution in [3.8, 4) is 12.3 Å². The van der Waals surface area contributed by atoms with Crippen LogP contribution in [0.4, 0.5) is 5.69 Å². The van der Waals surface area contributed by atoms with E-state index in [2.05, 4.69) is 16.6 Å². The summed E-state index contributed by atoms with van der Waals surface area (Å²) in [5.41, 5.74) is 1.66. The molecule has 0 aliphatic heterocycles. The molecule has 1 aromatic carbocycles. The van der Waals surface area contributed by atoms with Crippen LogP contribution in [0.1, 0.15) is 32.8 Å². The van der Waals surface area contributed by atoms with E-state index in [9.17, 15) is 4.79 Å². The molecule has 1 amide bonds. The molecule has 0 heterocycles. The van der Waals surface area contributed by atoms with Crippen LogP contribution in [0.5, 0.6) is 0 Å². The molecule has 0 radical (unpaired) electrons. The summed E-state index contributed by atoms with van der Waals surface area (Å²) in [5.74, 6) is 2.57. The Morgan fingerprint density at radius 3 is 2.78 bits per heavy atom. The molecule has 1 rings (SSSR count). The lowest BCUT2D eigenvalue weighted by Crippen LogP contribution is -2.41. The Hall–Kier alpha value is -1.95. The van der Waals surface area contributed by atoms with E-state index in [1.54, 1.807) is 0 Å². The Bertz CT molecular complexity index is 448. The third-order valence-electron chi connectivity index (χ3n) is 2.81. The van der Waals surface area contributed by atoms with Gasteiger partial charge >= 0.3 is 0 Å². The minimum Gasteiger partial charge on any atom is -0.374 e. The van der Waals surface area contributed by atoms with Crippen LogP contribution in [0, 0.1) is 12.3 Å². The fourth-order valence-corrected chi connectivity index (χ4v) is 1.48. The fourth-order valence-electron chi connectivity index (χ4n) is 1.48. The van der Waals surface area contributed by atoms with E-state index in [0.29, 0.717) is 0 Å².